The van der Waals surface area contributed by atoms with Crippen LogP contribution < -0.4 is 10.1 Å². The normalized spacial score (nSPS) is 13.8. The van der Waals surface area contributed by atoms with Crippen LogP contribution >= 0.6 is 11.3 Å². The van der Waals surface area contributed by atoms with Gasteiger partial charge in [-0.2, -0.15) is 4.98 Å². The molecule has 0 unspecified atom stereocenters. The molecule has 2 aromatic carbocycles. The van der Waals surface area contributed by atoms with E-state index >= 15 is 0 Å². The quantitative estimate of drug-likeness (QED) is 0.650. The lowest BCUT2D eigenvalue weighted by Crippen LogP contribution is -1.97. The molecule has 1 aliphatic heterocycles. The number of aromatic nitrogens is 1. The van der Waals surface area contributed by atoms with E-state index in [4.69, 9.17) is 4.74 Å². The number of thiazole rings is 1. The number of allylic oxidation sites excluding steroid dienone is 1. The number of hydrogen-bond donors (Lipinski definition) is 2. The number of ether oxygens (including phenoxy) is 1. The van der Waals surface area contributed by atoms with Gasteiger partial charge < -0.3 is 15.2 Å². The molecule has 0 spiro atoms. The summed E-state index contributed by atoms with van der Waals surface area (Å²) in [4.78, 5) is 9.29. The fourth-order valence-corrected chi connectivity index (χ4v) is 3.56. The van der Waals surface area contributed by atoms with Gasteiger partial charge in [-0.05, 0) is 31.2 Å². The summed E-state index contributed by atoms with van der Waals surface area (Å²) in [5.74, 6) is 0.748. The van der Waals surface area contributed by atoms with Gasteiger partial charge in [0.05, 0.1) is 22.9 Å². The Labute approximate surface area is 155 Å². The third-order valence-electron chi connectivity index (χ3n) is 3.91. The summed E-state index contributed by atoms with van der Waals surface area (Å²) < 4.78 is 5.62. The number of nitrogens with zero attached hydrogens (tertiary/aromatic N) is 2. The number of para-hydroxylation sites is 3. The van der Waals surface area contributed by atoms with Crippen molar-refractivity contribution in [2.24, 2.45) is 4.99 Å². The summed E-state index contributed by atoms with van der Waals surface area (Å²) in [5.41, 5.74) is 3.76. The number of anilines is 2. The summed E-state index contributed by atoms with van der Waals surface area (Å²) in [6.45, 7) is 2.52. The molecule has 6 heteroatoms. The van der Waals surface area contributed by atoms with E-state index in [1.54, 1.807) is 6.21 Å². The van der Waals surface area contributed by atoms with Gasteiger partial charge in [0.1, 0.15) is 5.75 Å². The van der Waals surface area contributed by atoms with E-state index in [1.165, 1.54) is 11.3 Å². The van der Waals surface area contributed by atoms with E-state index < -0.39 is 0 Å². The minimum Gasteiger partial charge on any atom is -0.492 e. The molecule has 0 atom stereocenters. The largest absolute Gasteiger partial charge is 0.492 e. The van der Waals surface area contributed by atoms with Crippen LogP contribution in [0.1, 0.15) is 17.4 Å². The maximum absolute atomic E-state index is 10.2. The third kappa shape index (κ3) is 3.19. The molecule has 130 valence electrons. The highest BCUT2D eigenvalue weighted by Gasteiger charge is 2.15. The van der Waals surface area contributed by atoms with Crippen molar-refractivity contribution in [1.82, 2.24) is 4.98 Å². The first-order valence-electron chi connectivity index (χ1n) is 8.28. The van der Waals surface area contributed by atoms with E-state index in [0.29, 0.717) is 16.6 Å². The van der Waals surface area contributed by atoms with Crippen molar-refractivity contribution in [2.45, 2.75) is 6.92 Å². The number of aromatic hydroxyl groups is 1. The maximum Gasteiger partial charge on any atom is 0.231 e. The lowest BCUT2D eigenvalue weighted by atomic mass is 10.1. The molecular weight excluding hydrogens is 346 g/mol. The standard InChI is InChI=1S/C20H17N3O2S/c1-2-25-17-10-6-5-9-16(17)22-20-23-19(24)18(26-20)11-13-12-21-15-8-4-3-7-14(13)15/h3-12,24H,2H2,1H3,(H,22,23). The molecule has 0 amide bonds. The molecule has 0 aliphatic carbocycles. The van der Waals surface area contributed by atoms with Crippen LogP contribution in [0, 0.1) is 0 Å². The second kappa shape index (κ2) is 7.01. The molecule has 5 nitrogen and oxygen atoms in total. The molecule has 1 aromatic heterocycles. The fraction of sp³-hybridized carbons (Fsp3) is 0.100. The molecule has 0 radical (unpaired) electrons. The van der Waals surface area contributed by atoms with Crippen LogP contribution in [0.15, 0.2) is 53.5 Å². The van der Waals surface area contributed by atoms with Crippen molar-refractivity contribution in [3.63, 3.8) is 0 Å². The number of aliphatic imine (C=N–C) groups is 1. The fourth-order valence-electron chi connectivity index (χ4n) is 2.73. The predicted octanol–water partition coefficient (Wildman–Crippen LogP) is 5.25. The van der Waals surface area contributed by atoms with Crippen molar-refractivity contribution in [1.29, 1.82) is 0 Å². The van der Waals surface area contributed by atoms with Gasteiger partial charge in [-0.1, -0.05) is 41.7 Å². The molecular formula is C20H17N3O2S. The molecule has 1 aliphatic rings. The Morgan fingerprint density at radius 2 is 1.96 bits per heavy atom. The third-order valence-corrected chi connectivity index (χ3v) is 4.81. The van der Waals surface area contributed by atoms with Crippen molar-refractivity contribution in [3.8, 4) is 11.6 Å². The van der Waals surface area contributed by atoms with Gasteiger partial charge in [-0.15, -0.1) is 0 Å². The van der Waals surface area contributed by atoms with Crippen LogP contribution in [0.2, 0.25) is 0 Å². The number of rotatable bonds is 5. The van der Waals surface area contributed by atoms with Crippen molar-refractivity contribution in [2.75, 3.05) is 11.9 Å². The zero-order chi connectivity index (χ0) is 17.9. The van der Waals surface area contributed by atoms with Crippen molar-refractivity contribution >= 4 is 45.7 Å². The van der Waals surface area contributed by atoms with Crippen molar-refractivity contribution in [3.05, 3.63) is 59.0 Å². The van der Waals surface area contributed by atoms with Gasteiger partial charge in [-0.3, -0.25) is 4.99 Å². The van der Waals surface area contributed by atoms with Crippen LogP contribution in [-0.4, -0.2) is 22.9 Å². The average Bonchev–Trinajstić information content (AvgIpc) is 3.21. The van der Waals surface area contributed by atoms with E-state index in [9.17, 15) is 5.11 Å². The van der Waals surface area contributed by atoms with Crippen LogP contribution in [-0.2, 0) is 0 Å². The second-order valence-electron chi connectivity index (χ2n) is 5.64. The average molecular weight is 363 g/mol. The highest BCUT2D eigenvalue weighted by atomic mass is 32.1. The van der Waals surface area contributed by atoms with Crippen LogP contribution in [0.25, 0.3) is 11.6 Å². The smallest absolute Gasteiger partial charge is 0.231 e. The summed E-state index contributed by atoms with van der Waals surface area (Å²) in [7, 11) is 0. The van der Waals surface area contributed by atoms with E-state index in [-0.39, 0.29) is 5.88 Å². The zero-order valence-corrected chi connectivity index (χ0v) is 15.0. The molecule has 0 bridgehead atoms. The minimum atomic E-state index is -0.00308. The van der Waals surface area contributed by atoms with Crippen LogP contribution in [0.5, 0.6) is 11.6 Å². The molecule has 0 saturated carbocycles. The van der Waals surface area contributed by atoms with Crippen molar-refractivity contribution < 1.29 is 9.84 Å². The lowest BCUT2D eigenvalue weighted by molar-refractivity contribution is 0.342. The number of benzene rings is 2. The second-order valence-corrected chi connectivity index (χ2v) is 6.67. The molecule has 2 N–H and O–H groups in total. The number of fused-ring (bicyclic) bond motifs is 1. The Morgan fingerprint density at radius 1 is 1.15 bits per heavy atom. The molecule has 0 fully saturated rings. The topological polar surface area (TPSA) is 66.7 Å². The first-order valence-corrected chi connectivity index (χ1v) is 9.10. The molecule has 26 heavy (non-hydrogen) atoms. The highest BCUT2D eigenvalue weighted by molar-refractivity contribution is 7.16. The Balaban J connectivity index is 1.62. The monoisotopic (exact) mass is 363 g/mol. The van der Waals surface area contributed by atoms with Gasteiger partial charge in [0, 0.05) is 17.4 Å². The van der Waals surface area contributed by atoms with Gasteiger partial charge in [0.2, 0.25) is 5.88 Å². The molecule has 3 aromatic rings. The lowest BCUT2D eigenvalue weighted by Gasteiger charge is -2.09. The predicted molar refractivity (Wildman–Crippen MR) is 107 cm³/mol. The summed E-state index contributed by atoms with van der Waals surface area (Å²) >= 11 is 1.38. The minimum absolute atomic E-state index is 0.00308. The summed E-state index contributed by atoms with van der Waals surface area (Å²) in [6.07, 6.45) is 3.71. The number of hydrogen-bond acceptors (Lipinski definition) is 6. The van der Waals surface area contributed by atoms with Crippen LogP contribution in [0.4, 0.5) is 16.5 Å². The first kappa shape index (κ1) is 16.4. The Bertz CT molecular complexity index is 1010. The highest BCUT2D eigenvalue weighted by Crippen LogP contribution is 2.38. The van der Waals surface area contributed by atoms with Crippen LogP contribution in [0.3, 0.4) is 0 Å². The van der Waals surface area contributed by atoms with E-state index in [1.807, 2.05) is 61.5 Å². The van der Waals surface area contributed by atoms with E-state index in [0.717, 1.165) is 28.3 Å². The molecule has 2 heterocycles. The van der Waals surface area contributed by atoms with Gasteiger partial charge in [0.15, 0.2) is 5.13 Å². The SMILES string of the molecule is CCOc1ccccc1Nc1nc(O)c(C=C2C=Nc3ccccc32)s1. The van der Waals surface area contributed by atoms with E-state index in [2.05, 4.69) is 15.3 Å². The molecule has 0 saturated heterocycles. The van der Waals surface area contributed by atoms with Gasteiger partial charge in [-0.25, -0.2) is 0 Å². The maximum atomic E-state index is 10.2. The first-order chi connectivity index (χ1) is 12.7. The molecule has 4 rings (SSSR count). The summed E-state index contributed by atoms with van der Waals surface area (Å²) in [6, 6.07) is 15.6. The Hall–Kier alpha value is -3.12. The Morgan fingerprint density at radius 3 is 2.85 bits per heavy atom. The van der Waals surface area contributed by atoms with Gasteiger partial charge >= 0.3 is 0 Å². The van der Waals surface area contributed by atoms with Gasteiger partial charge in [0.25, 0.3) is 0 Å². The Kier molecular flexibility index (Phi) is 4.41. The number of nitrogens with one attached hydrogen (secondary N) is 1. The summed E-state index contributed by atoms with van der Waals surface area (Å²) in [5, 5.41) is 14.1. The zero-order valence-electron chi connectivity index (χ0n) is 14.1.